The van der Waals surface area contributed by atoms with Crippen LogP contribution in [-0.2, 0) is 0 Å². The van der Waals surface area contributed by atoms with Crippen LogP contribution in [0.2, 0.25) is 0 Å². The van der Waals surface area contributed by atoms with E-state index < -0.39 is 17.2 Å². The van der Waals surface area contributed by atoms with Crippen LogP contribution < -0.4 is 4.90 Å². The Morgan fingerprint density at radius 2 is 1.10 bits per heavy atom. The lowest BCUT2D eigenvalue weighted by atomic mass is 9.91. The van der Waals surface area contributed by atoms with Crippen molar-refractivity contribution in [1.29, 1.82) is 0 Å². The lowest BCUT2D eigenvalue weighted by molar-refractivity contribution is 0.527. The van der Waals surface area contributed by atoms with Crippen LogP contribution in [-0.4, -0.2) is 5.54 Å². The number of hydrogen-bond donors (Lipinski definition) is 0. The molecule has 0 atom stereocenters. The molecule has 3 heteroatoms. The molecule has 6 aromatic carbocycles. The molecule has 0 aliphatic carbocycles. The minimum Gasteiger partial charge on any atom is -0.331 e. The van der Waals surface area contributed by atoms with Crippen LogP contribution in [0.5, 0.6) is 0 Å². The number of hydrogen-bond acceptors (Lipinski definition) is 1. The second-order valence-corrected chi connectivity index (χ2v) is 11.3. The third-order valence-corrected chi connectivity index (χ3v) is 7.41. The fourth-order valence-corrected chi connectivity index (χ4v) is 5.53. The van der Waals surface area contributed by atoms with Gasteiger partial charge in [-0.15, -0.1) is 0 Å². The summed E-state index contributed by atoms with van der Waals surface area (Å²) in [5.41, 5.74) is 5.39. The first-order valence-corrected chi connectivity index (χ1v) is 13.8. The second kappa shape index (κ2) is 10.7. The van der Waals surface area contributed by atoms with Crippen LogP contribution in [0.1, 0.15) is 20.8 Å². The molecule has 0 aliphatic heterocycles. The van der Waals surface area contributed by atoms with Crippen LogP contribution >= 0.6 is 0 Å². The molecule has 0 aliphatic rings. The molecule has 0 amide bonds. The van der Waals surface area contributed by atoms with Crippen molar-refractivity contribution >= 4 is 22.1 Å². The van der Waals surface area contributed by atoms with E-state index >= 15 is 8.78 Å². The van der Waals surface area contributed by atoms with Crippen molar-refractivity contribution in [2.75, 3.05) is 4.90 Å². The number of para-hydroxylation sites is 1. The highest BCUT2D eigenvalue weighted by molar-refractivity contribution is 5.91. The summed E-state index contributed by atoms with van der Waals surface area (Å²) in [5.74, 6) is -0.805. The van der Waals surface area contributed by atoms with E-state index in [1.165, 1.54) is 11.5 Å². The smallest absolute Gasteiger partial charge is 0.148 e. The van der Waals surface area contributed by atoms with Crippen LogP contribution in [0.25, 0.3) is 44.2 Å². The maximum atomic E-state index is 16.5. The van der Waals surface area contributed by atoms with E-state index in [-0.39, 0.29) is 0 Å². The first-order chi connectivity index (χ1) is 19.8. The van der Waals surface area contributed by atoms with E-state index in [0.717, 1.165) is 33.2 Å². The van der Waals surface area contributed by atoms with E-state index in [0.29, 0.717) is 16.9 Å². The number of anilines is 2. The Balaban J connectivity index is 1.60. The molecule has 0 aromatic heterocycles. The Morgan fingerprint density at radius 3 is 1.85 bits per heavy atom. The van der Waals surface area contributed by atoms with Crippen molar-refractivity contribution in [2.45, 2.75) is 26.3 Å². The molecule has 6 rings (SSSR count). The van der Waals surface area contributed by atoms with Crippen LogP contribution in [0.15, 0.2) is 133 Å². The van der Waals surface area contributed by atoms with Gasteiger partial charge in [0.25, 0.3) is 0 Å². The number of benzene rings is 6. The zero-order valence-corrected chi connectivity index (χ0v) is 23.4. The summed E-state index contributed by atoms with van der Waals surface area (Å²) in [6.07, 6.45) is 0. The molecule has 0 heterocycles. The summed E-state index contributed by atoms with van der Waals surface area (Å²) in [6.45, 7) is 5.91. The maximum absolute atomic E-state index is 16.5. The molecule has 0 radical (unpaired) electrons. The van der Waals surface area contributed by atoms with Crippen molar-refractivity contribution in [3.63, 3.8) is 0 Å². The molecule has 202 valence electrons. The van der Waals surface area contributed by atoms with E-state index in [4.69, 9.17) is 0 Å². The maximum Gasteiger partial charge on any atom is 0.148 e. The van der Waals surface area contributed by atoms with Gasteiger partial charge in [-0.25, -0.2) is 8.78 Å². The Kier molecular flexibility index (Phi) is 6.88. The number of nitrogens with zero attached hydrogens (tertiary/aromatic N) is 1. The molecular weight excluding hydrogens is 508 g/mol. The lowest BCUT2D eigenvalue weighted by Gasteiger charge is -2.39. The topological polar surface area (TPSA) is 3.24 Å². The third-order valence-electron chi connectivity index (χ3n) is 7.41. The van der Waals surface area contributed by atoms with Crippen molar-refractivity contribution in [1.82, 2.24) is 0 Å². The van der Waals surface area contributed by atoms with Crippen LogP contribution in [0.4, 0.5) is 20.2 Å². The predicted molar refractivity (Wildman–Crippen MR) is 169 cm³/mol. The standard InChI is InChI=1S/C38H31F2N/c1-38(2,3)41(36-19-10-9-18-34(36)39)37-33(24-32(25-35(37)40)26-12-5-4-6-13-26)31-17-11-16-29(23-31)30-21-20-27-14-7-8-15-28(27)22-30/h4-25H,1-3H3. The summed E-state index contributed by atoms with van der Waals surface area (Å²) < 4.78 is 31.8. The second-order valence-electron chi connectivity index (χ2n) is 11.3. The zero-order chi connectivity index (χ0) is 28.6. The van der Waals surface area contributed by atoms with Crippen molar-refractivity contribution < 1.29 is 8.78 Å². The van der Waals surface area contributed by atoms with Gasteiger partial charge in [-0.2, -0.15) is 0 Å². The Bertz CT molecular complexity index is 1850. The van der Waals surface area contributed by atoms with Gasteiger partial charge in [0.05, 0.1) is 11.4 Å². The average Bonchev–Trinajstić information content (AvgIpc) is 2.98. The first kappa shape index (κ1) is 26.5. The Labute approximate surface area is 240 Å². The summed E-state index contributed by atoms with van der Waals surface area (Å²) in [7, 11) is 0. The fourth-order valence-electron chi connectivity index (χ4n) is 5.53. The van der Waals surface area contributed by atoms with E-state index in [2.05, 4.69) is 42.5 Å². The van der Waals surface area contributed by atoms with Crippen molar-refractivity contribution in [3.8, 4) is 33.4 Å². The van der Waals surface area contributed by atoms with Gasteiger partial charge >= 0.3 is 0 Å². The molecule has 0 saturated heterocycles. The average molecular weight is 540 g/mol. The molecule has 41 heavy (non-hydrogen) atoms. The normalized spacial score (nSPS) is 11.5. The lowest BCUT2D eigenvalue weighted by Crippen LogP contribution is -2.39. The van der Waals surface area contributed by atoms with Gasteiger partial charge in [0.2, 0.25) is 0 Å². The van der Waals surface area contributed by atoms with E-state index in [9.17, 15) is 0 Å². The molecule has 0 unspecified atom stereocenters. The fraction of sp³-hybridized carbons (Fsp3) is 0.105. The SMILES string of the molecule is CC(C)(C)N(c1ccccc1F)c1c(F)cc(-c2ccccc2)cc1-c1cccc(-c2ccc3ccccc3c2)c1. The first-order valence-electron chi connectivity index (χ1n) is 13.8. The van der Waals surface area contributed by atoms with Gasteiger partial charge in [-0.05, 0) is 95.8 Å². The van der Waals surface area contributed by atoms with E-state index in [1.807, 2.05) is 81.4 Å². The van der Waals surface area contributed by atoms with E-state index in [1.54, 1.807) is 29.2 Å². The van der Waals surface area contributed by atoms with Gasteiger partial charge in [-0.1, -0.05) is 97.1 Å². The molecule has 0 fully saturated rings. The minimum absolute atomic E-state index is 0.332. The summed E-state index contributed by atoms with van der Waals surface area (Å²) in [6, 6.07) is 42.8. The van der Waals surface area contributed by atoms with Gasteiger partial charge in [0.15, 0.2) is 0 Å². The molecule has 0 bridgehead atoms. The molecule has 1 nitrogen and oxygen atoms in total. The minimum atomic E-state index is -0.623. The molecular formula is C38H31F2N. The quantitative estimate of drug-likeness (QED) is 0.211. The molecule has 6 aromatic rings. The van der Waals surface area contributed by atoms with Crippen molar-refractivity contribution in [2.24, 2.45) is 0 Å². The Hall–Kier alpha value is -4.76. The van der Waals surface area contributed by atoms with Gasteiger partial charge < -0.3 is 4.90 Å². The monoisotopic (exact) mass is 539 g/mol. The van der Waals surface area contributed by atoms with Crippen molar-refractivity contribution in [3.05, 3.63) is 145 Å². The largest absolute Gasteiger partial charge is 0.331 e. The Morgan fingerprint density at radius 1 is 0.463 bits per heavy atom. The molecule has 0 saturated carbocycles. The highest BCUT2D eigenvalue weighted by atomic mass is 19.1. The summed E-state index contributed by atoms with van der Waals surface area (Å²) >= 11 is 0. The number of halogens is 2. The molecule has 0 N–H and O–H groups in total. The predicted octanol–water partition coefficient (Wildman–Crippen LogP) is 11.1. The summed E-state index contributed by atoms with van der Waals surface area (Å²) in [4.78, 5) is 1.78. The van der Waals surface area contributed by atoms with Gasteiger partial charge in [0, 0.05) is 11.1 Å². The van der Waals surface area contributed by atoms with Gasteiger partial charge in [-0.3, -0.25) is 0 Å². The number of fused-ring (bicyclic) bond motifs is 1. The van der Waals surface area contributed by atoms with Crippen LogP contribution in [0.3, 0.4) is 0 Å². The third kappa shape index (κ3) is 5.24. The van der Waals surface area contributed by atoms with Crippen LogP contribution in [0, 0.1) is 11.6 Å². The highest BCUT2D eigenvalue weighted by Crippen LogP contribution is 2.45. The zero-order valence-electron chi connectivity index (χ0n) is 23.4. The van der Waals surface area contributed by atoms with Gasteiger partial charge in [0.1, 0.15) is 11.6 Å². The number of rotatable bonds is 5. The highest BCUT2D eigenvalue weighted by Gasteiger charge is 2.31. The summed E-state index contributed by atoms with van der Waals surface area (Å²) in [5, 5.41) is 2.34. The molecule has 0 spiro atoms.